The Morgan fingerprint density at radius 2 is 2.14 bits per heavy atom. The SMILES string of the molecule is Cc1noc(NS(=O)(=O)c2csc(-c3cccs3)c2)c1Br. The fourth-order valence-corrected chi connectivity index (χ4v) is 5.10. The molecule has 0 saturated carbocycles. The molecule has 0 bridgehead atoms. The summed E-state index contributed by atoms with van der Waals surface area (Å²) < 4.78 is 32.5. The van der Waals surface area contributed by atoms with Crippen molar-refractivity contribution < 1.29 is 12.9 Å². The molecule has 21 heavy (non-hydrogen) atoms. The molecule has 0 aliphatic rings. The molecule has 0 unspecified atom stereocenters. The third-order valence-electron chi connectivity index (χ3n) is 2.67. The van der Waals surface area contributed by atoms with Gasteiger partial charge in [0.05, 0.1) is 10.6 Å². The molecule has 0 radical (unpaired) electrons. The Morgan fingerprint density at radius 3 is 2.76 bits per heavy atom. The number of hydrogen-bond donors (Lipinski definition) is 1. The van der Waals surface area contributed by atoms with E-state index in [1.807, 2.05) is 17.5 Å². The van der Waals surface area contributed by atoms with Crippen LogP contribution in [0.5, 0.6) is 0 Å². The number of halogens is 1. The van der Waals surface area contributed by atoms with Gasteiger partial charge in [0.25, 0.3) is 15.9 Å². The molecule has 3 heterocycles. The predicted molar refractivity (Wildman–Crippen MR) is 87.4 cm³/mol. The number of thiophene rings is 2. The molecule has 0 fully saturated rings. The monoisotopic (exact) mass is 404 g/mol. The average Bonchev–Trinajstić information content (AvgIpc) is 3.14. The predicted octanol–water partition coefficient (Wildman–Crippen LogP) is 4.34. The first-order valence-electron chi connectivity index (χ1n) is 5.74. The molecule has 110 valence electrons. The van der Waals surface area contributed by atoms with Crippen LogP contribution in [-0.2, 0) is 10.0 Å². The number of aryl methyl sites for hydroxylation is 1. The van der Waals surface area contributed by atoms with E-state index in [0.29, 0.717) is 10.2 Å². The number of hydrogen-bond acceptors (Lipinski definition) is 6. The topological polar surface area (TPSA) is 72.2 Å². The number of rotatable bonds is 4. The Morgan fingerprint density at radius 1 is 1.33 bits per heavy atom. The van der Waals surface area contributed by atoms with Gasteiger partial charge >= 0.3 is 0 Å². The Kier molecular flexibility index (Phi) is 3.91. The Labute approximate surface area is 137 Å². The normalized spacial score (nSPS) is 11.7. The van der Waals surface area contributed by atoms with Crippen LogP contribution in [0.4, 0.5) is 5.88 Å². The summed E-state index contributed by atoms with van der Waals surface area (Å²) in [6.07, 6.45) is 0. The zero-order valence-corrected chi connectivity index (χ0v) is 14.7. The Bertz CT molecular complexity index is 866. The minimum Gasteiger partial charge on any atom is -0.336 e. The molecule has 3 aromatic rings. The highest BCUT2D eigenvalue weighted by molar-refractivity contribution is 9.10. The van der Waals surface area contributed by atoms with Crippen LogP contribution in [0.15, 0.2) is 42.9 Å². The first-order chi connectivity index (χ1) is 9.97. The van der Waals surface area contributed by atoms with Crippen molar-refractivity contribution in [2.45, 2.75) is 11.8 Å². The molecular weight excluding hydrogens is 396 g/mol. The second kappa shape index (κ2) is 5.56. The minimum atomic E-state index is -3.69. The number of nitrogens with one attached hydrogen (secondary N) is 1. The van der Waals surface area contributed by atoms with Crippen molar-refractivity contribution in [3.63, 3.8) is 0 Å². The Hall–Kier alpha value is -1.16. The molecule has 3 rings (SSSR count). The van der Waals surface area contributed by atoms with Crippen molar-refractivity contribution in [3.8, 4) is 9.75 Å². The highest BCUT2D eigenvalue weighted by Crippen LogP contribution is 2.34. The van der Waals surface area contributed by atoms with Gasteiger partial charge in [-0.3, -0.25) is 0 Å². The van der Waals surface area contributed by atoms with Crippen molar-refractivity contribution >= 4 is 54.5 Å². The standard InChI is InChI=1S/C12H9BrN2O3S3/c1-7-11(13)12(18-14-7)15-21(16,17)8-5-10(20-6-8)9-3-2-4-19-9/h2-6,15H,1H3. The molecule has 9 heteroatoms. The second-order valence-corrected chi connectivity index (χ2v) is 8.47. The van der Waals surface area contributed by atoms with Crippen LogP contribution in [0.25, 0.3) is 9.75 Å². The summed E-state index contributed by atoms with van der Waals surface area (Å²) in [4.78, 5) is 2.16. The van der Waals surface area contributed by atoms with E-state index in [1.165, 1.54) is 11.3 Å². The van der Waals surface area contributed by atoms with E-state index in [2.05, 4.69) is 25.8 Å². The first-order valence-corrected chi connectivity index (χ1v) is 9.78. The molecule has 0 amide bonds. The third-order valence-corrected chi connectivity index (χ3v) is 7.06. The van der Waals surface area contributed by atoms with Gasteiger partial charge in [-0.15, -0.1) is 22.7 Å². The van der Waals surface area contributed by atoms with E-state index in [-0.39, 0.29) is 10.8 Å². The van der Waals surface area contributed by atoms with Gasteiger partial charge in [0.2, 0.25) is 0 Å². The lowest BCUT2D eigenvalue weighted by Crippen LogP contribution is -2.11. The van der Waals surface area contributed by atoms with E-state index < -0.39 is 10.0 Å². The number of aromatic nitrogens is 1. The van der Waals surface area contributed by atoms with Gasteiger partial charge in [-0.1, -0.05) is 11.2 Å². The first kappa shape index (κ1) is 14.8. The summed E-state index contributed by atoms with van der Waals surface area (Å²) in [6, 6.07) is 5.53. The van der Waals surface area contributed by atoms with Crippen LogP contribution in [0, 0.1) is 6.92 Å². The van der Waals surface area contributed by atoms with Crippen LogP contribution in [0.3, 0.4) is 0 Å². The van der Waals surface area contributed by atoms with E-state index in [1.54, 1.807) is 29.7 Å². The summed E-state index contributed by atoms with van der Waals surface area (Å²) in [6.45, 7) is 1.71. The lowest BCUT2D eigenvalue weighted by molar-refractivity contribution is 0.430. The maximum absolute atomic E-state index is 12.3. The Balaban J connectivity index is 1.90. The van der Waals surface area contributed by atoms with Crippen LogP contribution in [0.2, 0.25) is 0 Å². The van der Waals surface area contributed by atoms with Gasteiger partial charge in [0, 0.05) is 15.1 Å². The molecule has 0 saturated heterocycles. The van der Waals surface area contributed by atoms with E-state index in [0.717, 1.165) is 9.75 Å². The summed E-state index contributed by atoms with van der Waals surface area (Å²) in [7, 11) is -3.69. The molecule has 0 spiro atoms. The van der Waals surface area contributed by atoms with Gasteiger partial charge in [-0.05, 0) is 40.4 Å². The van der Waals surface area contributed by atoms with Crippen LogP contribution >= 0.6 is 38.6 Å². The van der Waals surface area contributed by atoms with Crippen LogP contribution < -0.4 is 4.72 Å². The summed E-state index contributed by atoms with van der Waals surface area (Å²) in [5, 5.41) is 7.26. The highest BCUT2D eigenvalue weighted by atomic mass is 79.9. The van der Waals surface area contributed by atoms with Gasteiger partial charge in [-0.2, -0.15) is 0 Å². The molecule has 0 aliphatic carbocycles. The number of sulfonamides is 1. The maximum Gasteiger partial charge on any atom is 0.265 e. The lowest BCUT2D eigenvalue weighted by Gasteiger charge is -2.02. The van der Waals surface area contributed by atoms with Crippen LogP contribution in [0.1, 0.15) is 5.69 Å². The zero-order valence-electron chi connectivity index (χ0n) is 10.7. The molecule has 1 N–H and O–H groups in total. The highest BCUT2D eigenvalue weighted by Gasteiger charge is 2.21. The third kappa shape index (κ3) is 2.91. The largest absolute Gasteiger partial charge is 0.336 e. The molecule has 5 nitrogen and oxygen atoms in total. The fraction of sp³-hybridized carbons (Fsp3) is 0.0833. The smallest absolute Gasteiger partial charge is 0.265 e. The van der Waals surface area contributed by atoms with Gasteiger partial charge < -0.3 is 4.52 Å². The van der Waals surface area contributed by atoms with Gasteiger partial charge in [-0.25, -0.2) is 13.1 Å². The van der Waals surface area contributed by atoms with Crippen molar-refractivity contribution in [2.75, 3.05) is 4.72 Å². The van der Waals surface area contributed by atoms with Crippen molar-refractivity contribution in [3.05, 3.63) is 39.1 Å². The lowest BCUT2D eigenvalue weighted by atomic mass is 10.4. The average molecular weight is 405 g/mol. The van der Waals surface area contributed by atoms with E-state index >= 15 is 0 Å². The van der Waals surface area contributed by atoms with Crippen LogP contribution in [-0.4, -0.2) is 13.6 Å². The molecular formula is C12H9BrN2O3S3. The number of anilines is 1. The summed E-state index contributed by atoms with van der Waals surface area (Å²) >= 11 is 6.19. The van der Waals surface area contributed by atoms with Crippen molar-refractivity contribution in [1.29, 1.82) is 0 Å². The number of nitrogens with zero attached hydrogens (tertiary/aromatic N) is 1. The molecule has 0 aliphatic heterocycles. The van der Waals surface area contributed by atoms with Crippen molar-refractivity contribution in [1.82, 2.24) is 5.16 Å². The quantitative estimate of drug-likeness (QED) is 0.701. The minimum absolute atomic E-state index is 0.0800. The van der Waals surface area contributed by atoms with Gasteiger partial charge in [0.1, 0.15) is 4.47 Å². The van der Waals surface area contributed by atoms with Gasteiger partial charge in [0.15, 0.2) is 0 Å². The van der Waals surface area contributed by atoms with E-state index in [9.17, 15) is 8.42 Å². The van der Waals surface area contributed by atoms with Crippen molar-refractivity contribution in [2.24, 2.45) is 0 Å². The zero-order chi connectivity index (χ0) is 15.0. The second-order valence-electron chi connectivity index (χ2n) is 4.14. The molecule has 3 aromatic heterocycles. The fourth-order valence-electron chi connectivity index (χ4n) is 1.61. The van der Waals surface area contributed by atoms with E-state index in [4.69, 9.17) is 4.52 Å². The summed E-state index contributed by atoms with van der Waals surface area (Å²) in [5.74, 6) is 0.0800. The summed E-state index contributed by atoms with van der Waals surface area (Å²) in [5.41, 5.74) is 0.581. The maximum atomic E-state index is 12.3. The molecule has 0 aromatic carbocycles. The molecule has 0 atom stereocenters.